The van der Waals surface area contributed by atoms with Crippen molar-refractivity contribution >= 4 is 44.4 Å². The molecular formula is C15H16BrNO2S. The topological polar surface area (TPSA) is 37.4 Å². The first-order chi connectivity index (χ1) is 9.54. The van der Waals surface area contributed by atoms with E-state index in [2.05, 4.69) is 15.9 Å². The number of hydrogen-bond donors (Lipinski definition) is 0. The van der Waals surface area contributed by atoms with Crippen LogP contribution in [0.4, 0.5) is 4.79 Å². The van der Waals surface area contributed by atoms with Gasteiger partial charge in [-0.3, -0.25) is 14.5 Å². The molecule has 1 heterocycles. The van der Waals surface area contributed by atoms with Crippen LogP contribution in [0.5, 0.6) is 0 Å². The summed E-state index contributed by atoms with van der Waals surface area (Å²) in [6, 6.07) is 7.75. The number of rotatable bonds is 4. The zero-order chi connectivity index (χ0) is 14.7. The Morgan fingerprint density at radius 2 is 1.90 bits per heavy atom. The van der Waals surface area contributed by atoms with Gasteiger partial charge in [-0.15, -0.1) is 0 Å². The van der Waals surface area contributed by atoms with Crippen molar-refractivity contribution in [1.82, 2.24) is 4.90 Å². The number of unbranched alkanes of at least 4 members (excludes halogenated alkanes) is 1. The Balaban J connectivity index is 2.28. The maximum absolute atomic E-state index is 12.3. The van der Waals surface area contributed by atoms with E-state index in [1.165, 1.54) is 4.90 Å². The van der Waals surface area contributed by atoms with Crippen molar-refractivity contribution in [2.75, 3.05) is 6.54 Å². The summed E-state index contributed by atoms with van der Waals surface area (Å²) in [5.74, 6) is -0.158. The lowest BCUT2D eigenvalue weighted by Crippen LogP contribution is -2.29. The van der Waals surface area contributed by atoms with Crippen LogP contribution >= 0.6 is 27.7 Å². The molecular weight excluding hydrogens is 338 g/mol. The fraction of sp³-hybridized carbons (Fsp3) is 0.333. The highest BCUT2D eigenvalue weighted by Gasteiger charge is 2.35. The Labute approximate surface area is 131 Å². The van der Waals surface area contributed by atoms with Gasteiger partial charge in [-0.1, -0.05) is 41.4 Å². The zero-order valence-electron chi connectivity index (χ0n) is 11.5. The van der Waals surface area contributed by atoms with Crippen LogP contribution in [0, 0.1) is 0 Å². The second kappa shape index (κ2) is 6.59. The zero-order valence-corrected chi connectivity index (χ0v) is 13.9. The highest BCUT2D eigenvalue weighted by Crippen LogP contribution is 2.36. The van der Waals surface area contributed by atoms with Crippen molar-refractivity contribution in [2.24, 2.45) is 0 Å². The summed E-state index contributed by atoms with van der Waals surface area (Å²) < 4.78 is 0.991. The Morgan fingerprint density at radius 3 is 2.50 bits per heavy atom. The van der Waals surface area contributed by atoms with Gasteiger partial charge in [0.1, 0.15) is 0 Å². The molecule has 1 saturated heterocycles. The quantitative estimate of drug-likeness (QED) is 0.737. The molecule has 2 rings (SSSR count). The van der Waals surface area contributed by atoms with Gasteiger partial charge in [-0.25, -0.2) is 0 Å². The fourth-order valence-electron chi connectivity index (χ4n) is 1.97. The molecule has 1 aromatic carbocycles. The molecule has 0 saturated carbocycles. The van der Waals surface area contributed by atoms with Gasteiger partial charge in [0, 0.05) is 11.0 Å². The van der Waals surface area contributed by atoms with Gasteiger partial charge in [0.05, 0.1) is 4.91 Å². The number of amides is 2. The van der Waals surface area contributed by atoms with E-state index in [0.29, 0.717) is 11.4 Å². The lowest BCUT2D eigenvalue weighted by Gasteiger charge is -2.11. The molecule has 3 nitrogen and oxygen atoms in total. The summed E-state index contributed by atoms with van der Waals surface area (Å²) in [4.78, 5) is 26.1. The number of hydrogen-bond acceptors (Lipinski definition) is 3. The summed E-state index contributed by atoms with van der Waals surface area (Å²) in [5, 5.41) is -0.157. The number of benzene rings is 1. The lowest BCUT2D eigenvalue weighted by molar-refractivity contribution is -0.122. The normalized spacial score (nSPS) is 17.9. The number of nitrogens with zero attached hydrogens (tertiary/aromatic N) is 1. The average Bonchev–Trinajstić information content (AvgIpc) is 2.72. The maximum atomic E-state index is 12.3. The SMILES string of the molecule is CCCCN1C(=O)S/C(=C(/C)c2ccc(Br)cc2)C1=O. The smallest absolute Gasteiger partial charge is 0.268 e. The van der Waals surface area contributed by atoms with Gasteiger partial charge in [0.25, 0.3) is 11.1 Å². The van der Waals surface area contributed by atoms with Crippen LogP contribution in [0.25, 0.3) is 5.57 Å². The first-order valence-electron chi connectivity index (χ1n) is 6.55. The van der Waals surface area contributed by atoms with Gasteiger partial charge >= 0.3 is 0 Å². The summed E-state index contributed by atoms with van der Waals surface area (Å²) in [6.07, 6.45) is 1.81. The van der Waals surface area contributed by atoms with Crippen LogP contribution in [0.3, 0.4) is 0 Å². The Kier molecular flexibility index (Phi) is 5.05. The van der Waals surface area contributed by atoms with Crippen molar-refractivity contribution in [2.45, 2.75) is 26.7 Å². The molecule has 0 N–H and O–H groups in total. The van der Waals surface area contributed by atoms with E-state index in [9.17, 15) is 9.59 Å². The van der Waals surface area contributed by atoms with Crippen molar-refractivity contribution in [3.05, 3.63) is 39.2 Å². The molecule has 0 aromatic heterocycles. The Bertz CT molecular complexity index is 566. The van der Waals surface area contributed by atoms with Crippen molar-refractivity contribution in [3.8, 4) is 0 Å². The highest BCUT2D eigenvalue weighted by atomic mass is 79.9. The van der Waals surface area contributed by atoms with Gasteiger partial charge in [-0.2, -0.15) is 0 Å². The molecule has 1 aliphatic rings. The van der Waals surface area contributed by atoms with E-state index in [-0.39, 0.29) is 11.1 Å². The molecule has 2 amide bonds. The predicted octanol–water partition coefficient (Wildman–Crippen LogP) is 4.68. The number of thioether (sulfide) groups is 1. The largest absolute Gasteiger partial charge is 0.293 e. The number of imide groups is 1. The molecule has 20 heavy (non-hydrogen) atoms. The van der Waals surface area contributed by atoms with E-state index in [0.717, 1.165) is 40.2 Å². The van der Waals surface area contributed by atoms with Gasteiger partial charge in [-0.05, 0) is 48.4 Å². The molecule has 0 spiro atoms. The first-order valence-corrected chi connectivity index (χ1v) is 8.16. The molecule has 106 valence electrons. The molecule has 1 aliphatic heterocycles. The lowest BCUT2D eigenvalue weighted by atomic mass is 10.1. The van der Waals surface area contributed by atoms with Crippen LogP contribution in [-0.4, -0.2) is 22.6 Å². The molecule has 1 aromatic rings. The van der Waals surface area contributed by atoms with Crippen LogP contribution in [0.15, 0.2) is 33.6 Å². The molecule has 0 bridgehead atoms. The van der Waals surface area contributed by atoms with E-state index in [4.69, 9.17) is 0 Å². The monoisotopic (exact) mass is 353 g/mol. The van der Waals surface area contributed by atoms with E-state index < -0.39 is 0 Å². The van der Waals surface area contributed by atoms with E-state index in [1.54, 1.807) is 0 Å². The van der Waals surface area contributed by atoms with E-state index >= 15 is 0 Å². The third-order valence-corrected chi connectivity index (χ3v) is 4.81. The first kappa shape index (κ1) is 15.3. The summed E-state index contributed by atoms with van der Waals surface area (Å²) >= 11 is 4.43. The second-order valence-corrected chi connectivity index (χ2v) is 6.52. The third kappa shape index (κ3) is 3.15. The average molecular weight is 354 g/mol. The van der Waals surface area contributed by atoms with Crippen LogP contribution in [-0.2, 0) is 4.79 Å². The number of allylic oxidation sites excluding steroid dienone is 1. The maximum Gasteiger partial charge on any atom is 0.293 e. The highest BCUT2D eigenvalue weighted by molar-refractivity contribution is 9.10. The van der Waals surface area contributed by atoms with Gasteiger partial charge in [0.15, 0.2) is 0 Å². The minimum atomic E-state index is -0.158. The predicted molar refractivity (Wildman–Crippen MR) is 86.3 cm³/mol. The standard InChI is InChI=1S/C15H16BrNO2S/c1-3-4-9-17-14(18)13(20-15(17)19)10(2)11-5-7-12(16)8-6-11/h5-8H,3-4,9H2,1-2H3/b13-10-. The minimum Gasteiger partial charge on any atom is -0.268 e. The van der Waals surface area contributed by atoms with Crippen molar-refractivity contribution in [1.29, 1.82) is 0 Å². The Hall–Kier alpha value is -1.07. The van der Waals surface area contributed by atoms with Crippen LogP contribution < -0.4 is 0 Å². The molecule has 0 atom stereocenters. The summed E-state index contributed by atoms with van der Waals surface area (Å²) in [6.45, 7) is 4.44. The second-order valence-electron chi connectivity index (χ2n) is 4.64. The van der Waals surface area contributed by atoms with Gasteiger partial charge < -0.3 is 0 Å². The molecule has 0 aliphatic carbocycles. The van der Waals surface area contributed by atoms with E-state index in [1.807, 2.05) is 38.1 Å². The molecule has 1 fully saturated rings. The summed E-state index contributed by atoms with van der Waals surface area (Å²) in [7, 11) is 0. The molecule has 5 heteroatoms. The number of carbonyl (C=O) groups excluding carboxylic acids is 2. The molecule has 0 radical (unpaired) electrons. The van der Waals surface area contributed by atoms with Crippen LogP contribution in [0.2, 0.25) is 0 Å². The summed E-state index contributed by atoms with van der Waals surface area (Å²) in [5.41, 5.74) is 1.83. The third-order valence-electron chi connectivity index (χ3n) is 3.20. The fourth-order valence-corrected chi connectivity index (χ4v) is 3.16. The minimum absolute atomic E-state index is 0.157. The van der Waals surface area contributed by atoms with Gasteiger partial charge in [0.2, 0.25) is 0 Å². The van der Waals surface area contributed by atoms with Crippen LogP contribution in [0.1, 0.15) is 32.3 Å². The van der Waals surface area contributed by atoms with Crippen molar-refractivity contribution < 1.29 is 9.59 Å². The Morgan fingerprint density at radius 1 is 1.25 bits per heavy atom. The number of carbonyl (C=O) groups is 2. The number of halogens is 1. The van der Waals surface area contributed by atoms with Crippen molar-refractivity contribution in [3.63, 3.8) is 0 Å². The molecule has 0 unspecified atom stereocenters.